The van der Waals surface area contributed by atoms with E-state index in [0.29, 0.717) is 12.6 Å². The molecule has 2 aromatic rings. The van der Waals surface area contributed by atoms with Gasteiger partial charge in [-0.1, -0.05) is 24.6 Å². The topological polar surface area (TPSA) is 70.4 Å². The van der Waals surface area contributed by atoms with Gasteiger partial charge in [0, 0.05) is 44.3 Å². The van der Waals surface area contributed by atoms with Crippen molar-refractivity contribution >= 4 is 11.6 Å². The summed E-state index contributed by atoms with van der Waals surface area (Å²) in [4.78, 5) is 7.24. The van der Waals surface area contributed by atoms with Crippen LogP contribution in [0, 0.1) is 0 Å². The van der Waals surface area contributed by atoms with Crippen molar-refractivity contribution in [2.45, 2.75) is 58.2 Å². The largest absolute Gasteiger partial charge is 0.369 e. The summed E-state index contributed by atoms with van der Waals surface area (Å²) < 4.78 is 2.27. The van der Waals surface area contributed by atoms with Gasteiger partial charge in [-0.3, -0.25) is 0 Å². The van der Waals surface area contributed by atoms with Crippen LogP contribution in [0.1, 0.15) is 44.3 Å². The van der Waals surface area contributed by atoms with Crippen LogP contribution in [0.25, 0.3) is 0 Å². The van der Waals surface area contributed by atoms with Gasteiger partial charge in [0.2, 0.25) is 0 Å². The SMILES string of the molecule is CCNC(=NCc1nnc2n1CCCCC2)NC1CCN(c2ccccc2)C1. The maximum atomic E-state index is 4.81. The van der Waals surface area contributed by atoms with E-state index >= 15 is 0 Å². The number of anilines is 1. The van der Waals surface area contributed by atoms with Crippen LogP contribution in [0.4, 0.5) is 5.69 Å². The zero-order valence-electron chi connectivity index (χ0n) is 16.8. The van der Waals surface area contributed by atoms with E-state index in [0.717, 1.165) is 56.6 Å². The fourth-order valence-corrected chi connectivity index (χ4v) is 4.08. The van der Waals surface area contributed by atoms with Crippen molar-refractivity contribution in [2.75, 3.05) is 24.5 Å². The van der Waals surface area contributed by atoms with E-state index in [1.54, 1.807) is 0 Å². The van der Waals surface area contributed by atoms with Crippen LogP contribution >= 0.6 is 0 Å². The van der Waals surface area contributed by atoms with Gasteiger partial charge in [0.1, 0.15) is 12.4 Å². The minimum absolute atomic E-state index is 0.397. The van der Waals surface area contributed by atoms with Crippen molar-refractivity contribution in [1.29, 1.82) is 0 Å². The number of fused-ring (bicyclic) bond motifs is 1. The van der Waals surface area contributed by atoms with Crippen LogP contribution in [0.5, 0.6) is 0 Å². The number of aryl methyl sites for hydroxylation is 1. The second-order valence-electron chi connectivity index (χ2n) is 7.60. The number of benzene rings is 1. The van der Waals surface area contributed by atoms with E-state index in [-0.39, 0.29) is 0 Å². The molecule has 0 radical (unpaired) electrons. The molecule has 0 saturated carbocycles. The first-order valence-corrected chi connectivity index (χ1v) is 10.6. The van der Waals surface area contributed by atoms with Crippen molar-refractivity contribution in [3.05, 3.63) is 42.0 Å². The first-order chi connectivity index (χ1) is 13.8. The lowest BCUT2D eigenvalue weighted by Gasteiger charge is -2.20. The Kier molecular flexibility index (Phi) is 6.09. The lowest BCUT2D eigenvalue weighted by Crippen LogP contribution is -2.44. The van der Waals surface area contributed by atoms with Crippen molar-refractivity contribution < 1.29 is 0 Å². The zero-order chi connectivity index (χ0) is 19.2. The second kappa shape index (κ2) is 9.08. The molecule has 0 spiro atoms. The Bertz CT molecular complexity index is 783. The number of hydrogen-bond acceptors (Lipinski definition) is 4. The van der Waals surface area contributed by atoms with Crippen LogP contribution < -0.4 is 15.5 Å². The molecule has 150 valence electrons. The quantitative estimate of drug-likeness (QED) is 0.615. The monoisotopic (exact) mass is 381 g/mol. The molecular weight excluding hydrogens is 350 g/mol. The summed E-state index contributed by atoms with van der Waals surface area (Å²) in [5.74, 6) is 2.97. The molecular formula is C21H31N7. The summed E-state index contributed by atoms with van der Waals surface area (Å²) in [6.45, 7) is 6.60. The molecule has 0 amide bonds. The molecule has 2 aliphatic rings. The molecule has 7 heteroatoms. The number of rotatable bonds is 5. The smallest absolute Gasteiger partial charge is 0.191 e. The minimum atomic E-state index is 0.397. The fourth-order valence-electron chi connectivity index (χ4n) is 4.08. The van der Waals surface area contributed by atoms with E-state index in [1.165, 1.54) is 24.9 Å². The Morgan fingerprint density at radius 2 is 2.04 bits per heavy atom. The molecule has 1 atom stereocenters. The van der Waals surface area contributed by atoms with Crippen molar-refractivity contribution in [2.24, 2.45) is 4.99 Å². The first-order valence-electron chi connectivity index (χ1n) is 10.6. The van der Waals surface area contributed by atoms with Gasteiger partial charge in [-0.15, -0.1) is 10.2 Å². The van der Waals surface area contributed by atoms with E-state index in [2.05, 4.69) is 67.6 Å². The predicted octanol–water partition coefficient (Wildman–Crippen LogP) is 2.34. The summed E-state index contributed by atoms with van der Waals surface area (Å²) in [6, 6.07) is 11.0. The third kappa shape index (κ3) is 4.46. The van der Waals surface area contributed by atoms with Gasteiger partial charge in [-0.2, -0.15) is 0 Å². The third-order valence-electron chi connectivity index (χ3n) is 5.56. The van der Waals surface area contributed by atoms with Gasteiger partial charge in [-0.25, -0.2) is 4.99 Å². The molecule has 1 unspecified atom stereocenters. The predicted molar refractivity (Wildman–Crippen MR) is 113 cm³/mol. The van der Waals surface area contributed by atoms with Crippen LogP contribution in [0.15, 0.2) is 35.3 Å². The van der Waals surface area contributed by atoms with Gasteiger partial charge in [-0.05, 0) is 38.3 Å². The van der Waals surface area contributed by atoms with E-state index < -0.39 is 0 Å². The van der Waals surface area contributed by atoms with Crippen LogP contribution in [0.2, 0.25) is 0 Å². The number of guanidine groups is 1. The molecule has 0 bridgehead atoms. The minimum Gasteiger partial charge on any atom is -0.369 e. The lowest BCUT2D eigenvalue weighted by atomic mass is 10.2. The van der Waals surface area contributed by atoms with Gasteiger partial charge in [0.15, 0.2) is 11.8 Å². The summed E-state index contributed by atoms with van der Waals surface area (Å²) in [5, 5.41) is 15.8. The Hall–Kier alpha value is -2.57. The number of para-hydroxylation sites is 1. The Balaban J connectivity index is 1.38. The number of aromatic nitrogens is 3. The molecule has 28 heavy (non-hydrogen) atoms. The van der Waals surface area contributed by atoms with Crippen molar-refractivity contribution in [1.82, 2.24) is 25.4 Å². The fraction of sp³-hybridized carbons (Fsp3) is 0.571. The van der Waals surface area contributed by atoms with Gasteiger partial charge >= 0.3 is 0 Å². The highest BCUT2D eigenvalue weighted by Gasteiger charge is 2.23. The molecule has 7 nitrogen and oxygen atoms in total. The maximum absolute atomic E-state index is 4.81. The van der Waals surface area contributed by atoms with Crippen LogP contribution in [-0.4, -0.2) is 46.4 Å². The Morgan fingerprint density at radius 1 is 1.14 bits per heavy atom. The lowest BCUT2D eigenvalue weighted by molar-refractivity contribution is 0.603. The average Bonchev–Trinajstić information content (AvgIpc) is 3.27. The number of aliphatic imine (C=N–C) groups is 1. The number of nitrogens with one attached hydrogen (secondary N) is 2. The van der Waals surface area contributed by atoms with Crippen LogP contribution in [-0.2, 0) is 19.5 Å². The molecule has 2 N–H and O–H groups in total. The molecule has 1 aromatic heterocycles. The average molecular weight is 382 g/mol. The summed E-state index contributed by atoms with van der Waals surface area (Å²) in [7, 11) is 0. The third-order valence-corrected chi connectivity index (χ3v) is 5.56. The number of nitrogens with zero attached hydrogens (tertiary/aromatic N) is 5. The summed E-state index contributed by atoms with van der Waals surface area (Å²) >= 11 is 0. The van der Waals surface area contributed by atoms with Gasteiger partial charge < -0.3 is 20.1 Å². The first kappa shape index (κ1) is 18.8. The van der Waals surface area contributed by atoms with Crippen molar-refractivity contribution in [3.8, 4) is 0 Å². The van der Waals surface area contributed by atoms with E-state index in [4.69, 9.17) is 4.99 Å². The normalized spacial score (nSPS) is 20.0. The Morgan fingerprint density at radius 3 is 2.89 bits per heavy atom. The van der Waals surface area contributed by atoms with Crippen LogP contribution in [0.3, 0.4) is 0 Å². The molecule has 2 aliphatic heterocycles. The second-order valence-corrected chi connectivity index (χ2v) is 7.60. The highest BCUT2D eigenvalue weighted by atomic mass is 15.3. The van der Waals surface area contributed by atoms with Gasteiger partial charge in [0.05, 0.1) is 0 Å². The highest BCUT2D eigenvalue weighted by Crippen LogP contribution is 2.19. The highest BCUT2D eigenvalue weighted by molar-refractivity contribution is 5.80. The molecule has 4 rings (SSSR count). The van der Waals surface area contributed by atoms with E-state index in [9.17, 15) is 0 Å². The standard InChI is InChI=1S/C21H31N7/c1-2-22-21(23-15-20-26-25-19-11-7-4-8-13-28(19)20)24-17-12-14-27(16-17)18-9-5-3-6-10-18/h3,5-6,9-10,17H,2,4,7-8,11-16H2,1H3,(H2,22,23,24). The maximum Gasteiger partial charge on any atom is 0.191 e. The number of hydrogen-bond donors (Lipinski definition) is 2. The molecule has 1 aromatic carbocycles. The van der Waals surface area contributed by atoms with Crippen molar-refractivity contribution in [3.63, 3.8) is 0 Å². The molecule has 1 saturated heterocycles. The molecule has 3 heterocycles. The zero-order valence-corrected chi connectivity index (χ0v) is 16.8. The van der Waals surface area contributed by atoms with E-state index in [1.807, 2.05) is 0 Å². The summed E-state index contributed by atoms with van der Waals surface area (Å²) in [6.07, 6.45) is 5.84. The van der Waals surface area contributed by atoms with Gasteiger partial charge in [0.25, 0.3) is 0 Å². The molecule has 0 aliphatic carbocycles. The summed E-state index contributed by atoms with van der Waals surface area (Å²) in [5.41, 5.74) is 1.29. The Labute approximate surface area is 167 Å². The molecule has 1 fully saturated rings.